The average molecular weight is 433 g/mol. The van der Waals surface area contributed by atoms with Gasteiger partial charge in [-0.25, -0.2) is 4.98 Å². The molecule has 0 unspecified atom stereocenters. The lowest BCUT2D eigenvalue weighted by molar-refractivity contribution is 0.102. The van der Waals surface area contributed by atoms with Crippen LogP contribution in [-0.2, 0) is 0 Å². The van der Waals surface area contributed by atoms with E-state index in [0.29, 0.717) is 22.2 Å². The van der Waals surface area contributed by atoms with Crippen molar-refractivity contribution < 1.29 is 14.3 Å². The molecule has 31 heavy (non-hydrogen) atoms. The van der Waals surface area contributed by atoms with E-state index in [-0.39, 0.29) is 11.9 Å². The van der Waals surface area contributed by atoms with Crippen molar-refractivity contribution in [3.63, 3.8) is 0 Å². The number of methoxy groups -OCH3 is 1. The number of aromatic nitrogens is 4. The zero-order valence-corrected chi connectivity index (χ0v) is 17.9. The Hall–Kier alpha value is -3.85. The van der Waals surface area contributed by atoms with Crippen molar-refractivity contribution in [1.29, 1.82) is 0 Å². The minimum atomic E-state index is -0.222. The van der Waals surface area contributed by atoms with Crippen molar-refractivity contribution in [2.45, 2.75) is 13.8 Å². The number of hydrogen-bond donors (Lipinski definition) is 1. The summed E-state index contributed by atoms with van der Waals surface area (Å²) < 4.78 is 10.8. The van der Waals surface area contributed by atoms with Crippen molar-refractivity contribution in [3.8, 4) is 28.8 Å². The zero-order valence-electron chi connectivity index (χ0n) is 17.1. The molecule has 3 heterocycles. The summed E-state index contributed by atoms with van der Waals surface area (Å²) in [6.45, 7) is 3.97. The van der Waals surface area contributed by atoms with E-state index in [1.807, 2.05) is 31.4 Å². The maximum atomic E-state index is 12.3. The zero-order chi connectivity index (χ0) is 21.8. The number of hydrogen-bond acceptors (Lipinski definition) is 8. The molecule has 0 saturated carbocycles. The number of benzene rings is 1. The first-order chi connectivity index (χ1) is 15.0. The third-order valence-electron chi connectivity index (χ3n) is 4.48. The fourth-order valence-electron chi connectivity index (χ4n) is 3.07. The Morgan fingerprint density at radius 1 is 1.03 bits per heavy atom. The SMILES string of the molecule is COc1cnc(Oc2cc(C)c(-c3csc(NC(=O)c4ccncc4)n3)c(C)c2)nc1. The molecule has 9 heteroatoms. The van der Waals surface area contributed by atoms with Crippen molar-refractivity contribution in [2.75, 3.05) is 12.4 Å². The van der Waals surface area contributed by atoms with Crippen LogP contribution in [0.2, 0.25) is 0 Å². The summed E-state index contributed by atoms with van der Waals surface area (Å²) in [5.41, 5.74) is 4.28. The number of nitrogens with zero attached hydrogens (tertiary/aromatic N) is 4. The molecular weight excluding hydrogens is 414 g/mol. The summed E-state index contributed by atoms with van der Waals surface area (Å²) in [7, 11) is 1.55. The van der Waals surface area contributed by atoms with Crippen LogP contribution in [0, 0.1) is 13.8 Å². The highest BCUT2D eigenvalue weighted by atomic mass is 32.1. The van der Waals surface area contributed by atoms with E-state index in [0.717, 1.165) is 22.4 Å². The molecule has 1 N–H and O–H groups in total. The fourth-order valence-corrected chi connectivity index (χ4v) is 3.77. The summed E-state index contributed by atoms with van der Waals surface area (Å²) in [6.07, 6.45) is 6.26. The van der Waals surface area contributed by atoms with Gasteiger partial charge in [0, 0.05) is 28.9 Å². The Morgan fingerprint density at radius 2 is 1.71 bits per heavy atom. The number of amides is 1. The number of aryl methyl sites for hydroxylation is 2. The molecular formula is C22H19N5O3S. The van der Waals surface area contributed by atoms with E-state index in [4.69, 9.17) is 9.47 Å². The molecule has 4 aromatic rings. The largest absolute Gasteiger partial charge is 0.494 e. The van der Waals surface area contributed by atoms with Crippen LogP contribution < -0.4 is 14.8 Å². The molecule has 4 rings (SSSR count). The van der Waals surface area contributed by atoms with Gasteiger partial charge in [-0.15, -0.1) is 11.3 Å². The van der Waals surface area contributed by atoms with Gasteiger partial charge in [-0.2, -0.15) is 9.97 Å². The number of rotatable bonds is 6. The van der Waals surface area contributed by atoms with Gasteiger partial charge >= 0.3 is 6.01 Å². The van der Waals surface area contributed by atoms with Crippen LogP contribution in [0.3, 0.4) is 0 Å². The summed E-state index contributed by atoms with van der Waals surface area (Å²) >= 11 is 1.37. The summed E-state index contributed by atoms with van der Waals surface area (Å²) in [4.78, 5) is 29.1. The number of pyridine rings is 1. The first-order valence-corrected chi connectivity index (χ1v) is 10.2. The molecule has 0 bridgehead atoms. The van der Waals surface area contributed by atoms with Gasteiger partial charge < -0.3 is 9.47 Å². The van der Waals surface area contributed by atoms with E-state index >= 15 is 0 Å². The number of thiazole rings is 1. The van der Waals surface area contributed by atoms with E-state index in [1.165, 1.54) is 11.3 Å². The van der Waals surface area contributed by atoms with Crippen LogP contribution >= 0.6 is 11.3 Å². The Kier molecular flexibility index (Phi) is 5.85. The smallest absolute Gasteiger partial charge is 0.322 e. The van der Waals surface area contributed by atoms with Crippen LogP contribution in [0.25, 0.3) is 11.3 Å². The molecule has 0 radical (unpaired) electrons. The van der Waals surface area contributed by atoms with Gasteiger partial charge in [0.15, 0.2) is 10.9 Å². The minimum absolute atomic E-state index is 0.222. The monoisotopic (exact) mass is 433 g/mol. The standard InChI is InChI=1S/C22H19N5O3S/c1-13-8-16(30-21-24-10-17(29-3)11-25-21)9-14(2)19(13)18-12-31-22(26-18)27-20(28)15-4-6-23-7-5-15/h4-12H,1-3H3,(H,26,27,28). The van der Waals surface area contributed by atoms with Gasteiger partial charge in [-0.1, -0.05) is 0 Å². The lowest BCUT2D eigenvalue weighted by atomic mass is 10.0. The highest BCUT2D eigenvalue weighted by molar-refractivity contribution is 7.14. The molecule has 3 aromatic heterocycles. The summed E-state index contributed by atoms with van der Waals surface area (Å²) in [5, 5.41) is 5.28. The van der Waals surface area contributed by atoms with Crippen molar-refractivity contribution in [3.05, 3.63) is 71.1 Å². The maximum absolute atomic E-state index is 12.3. The third-order valence-corrected chi connectivity index (χ3v) is 5.24. The first-order valence-electron chi connectivity index (χ1n) is 9.36. The molecule has 0 saturated heterocycles. The lowest BCUT2D eigenvalue weighted by Crippen LogP contribution is -2.11. The minimum Gasteiger partial charge on any atom is -0.494 e. The molecule has 0 spiro atoms. The van der Waals surface area contributed by atoms with Crippen molar-refractivity contribution in [1.82, 2.24) is 19.9 Å². The van der Waals surface area contributed by atoms with Gasteiger partial charge in [0.05, 0.1) is 25.2 Å². The summed E-state index contributed by atoms with van der Waals surface area (Å²) in [5.74, 6) is 0.968. The Labute approximate surface area is 183 Å². The molecule has 1 amide bonds. The number of carbonyl (C=O) groups is 1. The van der Waals surface area contributed by atoms with Crippen LogP contribution in [0.4, 0.5) is 5.13 Å². The second kappa shape index (κ2) is 8.88. The van der Waals surface area contributed by atoms with E-state index in [9.17, 15) is 4.79 Å². The Balaban J connectivity index is 1.52. The van der Waals surface area contributed by atoms with Gasteiger partial charge in [0.2, 0.25) is 0 Å². The maximum Gasteiger partial charge on any atom is 0.322 e. The Bertz CT molecular complexity index is 1190. The highest BCUT2D eigenvalue weighted by Crippen LogP contribution is 2.34. The molecule has 0 aliphatic heterocycles. The molecule has 0 aliphatic rings. The average Bonchev–Trinajstić information content (AvgIpc) is 3.22. The molecule has 0 fully saturated rings. The third kappa shape index (κ3) is 4.67. The fraction of sp³-hybridized carbons (Fsp3) is 0.136. The van der Waals surface area contributed by atoms with Crippen LogP contribution in [0.1, 0.15) is 21.5 Å². The molecule has 1 aromatic carbocycles. The second-order valence-corrected chi connectivity index (χ2v) is 7.53. The molecule has 0 aliphatic carbocycles. The lowest BCUT2D eigenvalue weighted by Gasteiger charge is -2.11. The van der Waals surface area contributed by atoms with Crippen molar-refractivity contribution in [2.24, 2.45) is 0 Å². The summed E-state index contributed by atoms with van der Waals surface area (Å²) in [6, 6.07) is 7.36. The normalized spacial score (nSPS) is 10.5. The molecule has 8 nitrogen and oxygen atoms in total. The van der Waals surface area contributed by atoms with E-state index in [2.05, 4.69) is 25.3 Å². The number of anilines is 1. The van der Waals surface area contributed by atoms with Gasteiger partial charge in [0.25, 0.3) is 5.91 Å². The van der Waals surface area contributed by atoms with Crippen LogP contribution in [0.15, 0.2) is 54.4 Å². The van der Waals surface area contributed by atoms with Gasteiger partial charge in [-0.05, 0) is 49.2 Å². The van der Waals surface area contributed by atoms with Crippen molar-refractivity contribution >= 4 is 22.4 Å². The van der Waals surface area contributed by atoms with Gasteiger partial charge in [0.1, 0.15) is 5.75 Å². The number of ether oxygens (including phenoxy) is 2. The highest BCUT2D eigenvalue weighted by Gasteiger charge is 2.14. The van der Waals surface area contributed by atoms with Crippen LogP contribution in [-0.4, -0.2) is 33.0 Å². The second-order valence-electron chi connectivity index (χ2n) is 6.67. The van der Waals surface area contributed by atoms with Crippen LogP contribution in [0.5, 0.6) is 17.5 Å². The predicted molar refractivity (Wildman–Crippen MR) is 118 cm³/mol. The van der Waals surface area contributed by atoms with E-state index < -0.39 is 0 Å². The Morgan fingerprint density at radius 3 is 2.35 bits per heavy atom. The van der Waals surface area contributed by atoms with Gasteiger partial charge in [-0.3, -0.25) is 15.1 Å². The van der Waals surface area contributed by atoms with E-state index in [1.54, 1.807) is 44.0 Å². The molecule has 156 valence electrons. The number of nitrogens with one attached hydrogen (secondary N) is 1. The number of carbonyl (C=O) groups excluding carboxylic acids is 1. The quantitative estimate of drug-likeness (QED) is 0.472. The first kappa shape index (κ1) is 20.4. The topological polar surface area (TPSA) is 99.1 Å². The predicted octanol–water partition coefficient (Wildman–Crippen LogP) is 4.67. The molecule has 0 atom stereocenters.